The van der Waals surface area contributed by atoms with Crippen LogP contribution in [0.3, 0.4) is 0 Å². The van der Waals surface area contributed by atoms with Crippen molar-refractivity contribution in [2.45, 2.75) is 0 Å². The molecule has 12 nitrogen and oxygen atoms in total. The van der Waals surface area contributed by atoms with Gasteiger partial charge in [0.1, 0.15) is 0 Å². The van der Waals surface area contributed by atoms with Crippen molar-refractivity contribution < 1.29 is 57.7 Å². The number of rotatable bonds is 0. The molecule has 0 aliphatic rings. The van der Waals surface area contributed by atoms with Crippen molar-refractivity contribution in [1.82, 2.24) is 0 Å². The van der Waals surface area contributed by atoms with Crippen LogP contribution < -0.4 is 0 Å². The quantitative estimate of drug-likeness (QED) is 0.152. The molecule has 0 aliphatic heterocycles. The van der Waals surface area contributed by atoms with E-state index in [0.717, 1.165) is 0 Å². The van der Waals surface area contributed by atoms with Crippen LogP contribution in [0.5, 0.6) is 0 Å². The molecule has 0 bridgehead atoms. The fraction of sp³-hybridized carbons (Fsp3) is 0. The fourth-order valence-corrected chi connectivity index (χ4v) is 0. The molecule has 16 heteroatoms. The van der Waals surface area contributed by atoms with E-state index in [1.807, 2.05) is 0 Å². The molecule has 0 atom stereocenters. The third-order valence-corrected chi connectivity index (χ3v) is 0. The van der Waals surface area contributed by atoms with Crippen LogP contribution in [-0.4, -0.2) is 55.0 Å². The molecule has 0 aromatic rings. The molecule has 0 aromatic carbocycles. The van der Waals surface area contributed by atoms with Crippen molar-refractivity contribution in [1.29, 1.82) is 0 Å². The van der Waals surface area contributed by atoms with E-state index in [0.29, 0.717) is 0 Å². The first-order valence-electron chi connectivity index (χ1n) is 2.35. The van der Waals surface area contributed by atoms with E-state index in [-0.39, 0.29) is 11.0 Å². The Kier molecular flexibility index (Phi) is 15.2. The zero-order valence-corrected chi connectivity index (χ0v) is 9.27. The van der Waals surface area contributed by atoms with E-state index in [4.69, 9.17) is 57.7 Å². The second-order valence-electron chi connectivity index (χ2n) is 1.54. The van der Waals surface area contributed by atoms with E-state index >= 15 is 0 Å². The standard InChI is InChI=1S/3H3O4P.H4Si/c3*1-5(2,3)4;/h3*(H3,1,2,3,4);1H4. The Bertz CT molecular complexity index is 202. The number of hydrogen-bond acceptors (Lipinski definition) is 3. The van der Waals surface area contributed by atoms with E-state index in [1.165, 1.54) is 0 Å². The predicted molar refractivity (Wildman–Crippen MR) is 54.1 cm³/mol. The Balaban J connectivity index is -0.0000000655. The minimum Gasteiger partial charge on any atom is -0.303 e. The first-order chi connectivity index (χ1) is 6.00. The summed E-state index contributed by atoms with van der Waals surface area (Å²) in [7, 11) is -13.9. The molecule has 0 heterocycles. The molecule has 0 unspecified atom stereocenters. The molecule has 0 aliphatic carbocycles. The zero-order valence-electron chi connectivity index (χ0n) is 6.59. The summed E-state index contributed by atoms with van der Waals surface area (Å²) in [6.07, 6.45) is 0. The van der Waals surface area contributed by atoms with Crippen LogP contribution in [0.25, 0.3) is 0 Å². The van der Waals surface area contributed by atoms with Crippen molar-refractivity contribution in [3.05, 3.63) is 0 Å². The Morgan fingerprint density at radius 3 is 0.438 bits per heavy atom. The molecule has 0 aromatic heterocycles. The van der Waals surface area contributed by atoms with Gasteiger partial charge in [-0.1, -0.05) is 0 Å². The minimum absolute atomic E-state index is 0. The SMILES string of the molecule is O=P(O)(O)O.O=P(O)(O)O.O=P(O)(O)O.[SiH4]. The van der Waals surface area contributed by atoms with Crippen LogP contribution >= 0.6 is 23.5 Å². The molecule has 0 saturated heterocycles. The maximum Gasteiger partial charge on any atom is 0.466 e. The summed E-state index contributed by atoms with van der Waals surface area (Å²) in [5.74, 6) is 0. The average molecular weight is 326 g/mol. The van der Waals surface area contributed by atoms with E-state index in [1.54, 1.807) is 0 Å². The van der Waals surface area contributed by atoms with Crippen molar-refractivity contribution in [2.75, 3.05) is 0 Å². The van der Waals surface area contributed by atoms with Crippen LogP contribution in [0, 0.1) is 0 Å². The smallest absolute Gasteiger partial charge is 0.303 e. The van der Waals surface area contributed by atoms with E-state index < -0.39 is 23.5 Å². The van der Waals surface area contributed by atoms with Crippen LogP contribution in [0.15, 0.2) is 0 Å². The molecule has 9 N–H and O–H groups in total. The van der Waals surface area contributed by atoms with Gasteiger partial charge < -0.3 is 44.0 Å². The van der Waals surface area contributed by atoms with Crippen LogP contribution in [0.2, 0.25) is 0 Å². The third-order valence-electron chi connectivity index (χ3n) is 0. The first-order valence-corrected chi connectivity index (χ1v) is 7.04. The van der Waals surface area contributed by atoms with E-state index in [9.17, 15) is 0 Å². The molecule has 0 amide bonds. The van der Waals surface area contributed by atoms with Gasteiger partial charge in [-0.05, 0) is 11.0 Å². The molecule has 0 fully saturated rings. The van der Waals surface area contributed by atoms with Crippen LogP contribution in [0.1, 0.15) is 0 Å². The topological polar surface area (TPSA) is 233 Å². The largest absolute Gasteiger partial charge is 0.466 e. The van der Waals surface area contributed by atoms with Gasteiger partial charge in [0.05, 0.1) is 0 Å². The summed E-state index contributed by atoms with van der Waals surface area (Å²) in [5.41, 5.74) is 0. The zero-order chi connectivity index (χ0) is 13.5. The number of phosphoric acid groups is 3. The maximum absolute atomic E-state index is 8.88. The van der Waals surface area contributed by atoms with Gasteiger partial charge in [-0.2, -0.15) is 0 Å². The van der Waals surface area contributed by atoms with Gasteiger partial charge in [0.25, 0.3) is 0 Å². The maximum atomic E-state index is 8.88. The minimum atomic E-state index is -4.64. The van der Waals surface area contributed by atoms with Crippen molar-refractivity contribution in [3.63, 3.8) is 0 Å². The summed E-state index contributed by atoms with van der Waals surface area (Å²) in [6.45, 7) is 0. The summed E-state index contributed by atoms with van der Waals surface area (Å²) in [5, 5.41) is 0. The third kappa shape index (κ3) is 8930. The molecule has 0 radical (unpaired) electrons. The van der Waals surface area contributed by atoms with Gasteiger partial charge in [-0.25, -0.2) is 13.7 Å². The van der Waals surface area contributed by atoms with Gasteiger partial charge in [0.2, 0.25) is 0 Å². The highest BCUT2D eigenvalue weighted by atomic mass is 31.2. The fourth-order valence-electron chi connectivity index (χ4n) is 0. The van der Waals surface area contributed by atoms with E-state index in [2.05, 4.69) is 0 Å². The molecule has 0 rings (SSSR count). The molecule has 104 valence electrons. The average Bonchev–Trinajstić information content (AvgIpc) is 1.41. The van der Waals surface area contributed by atoms with Crippen molar-refractivity contribution >= 4 is 34.4 Å². The van der Waals surface area contributed by atoms with Crippen molar-refractivity contribution in [3.8, 4) is 0 Å². The van der Waals surface area contributed by atoms with Gasteiger partial charge in [-0.3, -0.25) is 0 Å². The predicted octanol–water partition coefficient (Wildman–Crippen LogP) is -4.24. The Labute approximate surface area is 93.0 Å². The highest BCUT2D eigenvalue weighted by molar-refractivity contribution is 7.45. The summed E-state index contributed by atoms with van der Waals surface area (Å²) < 4.78 is 26.6. The van der Waals surface area contributed by atoms with Gasteiger partial charge in [0.15, 0.2) is 0 Å². The summed E-state index contributed by atoms with van der Waals surface area (Å²) >= 11 is 0. The Morgan fingerprint density at radius 1 is 0.438 bits per heavy atom. The van der Waals surface area contributed by atoms with Crippen molar-refractivity contribution in [2.24, 2.45) is 0 Å². The lowest BCUT2D eigenvalue weighted by molar-refractivity contribution is 0.272. The lowest BCUT2D eigenvalue weighted by Gasteiger charge is -1.82. The Hall–Kier alpha value is 0.547. The monoisotopic (exact) mass is 326 g/mol. The molecule has 0 saturated carbocycles. The summed E-state index contributed by atoms with van der Waals surface area (Å²) in [4.78, 5) is 64.7. The lowest BCUT2D eigenvalue weighted by Crippen LogP contribution is -1.66. The van der Waals surface area contributed by atoms with Gasteiger partial charge >= 0.3 is 23.5 Å². The highest BCUT2D eigenvalue weighted by Crippen LogP contribution is 2.26. The second-order valence-corrected chi connectivity index (χ2v) is 4.62. The molecular weight excluding hydrogens is 313 g/mol. The van der Waals surface area contributed by atoms with Crippen LogP contribution in [0.4, 0.5) is 0 Å². The van der Waals surface area contributed by atoms with Gasteiger partial charge in [0, 0.05) is 0 Å². The number of hydrogen-bond donors (Lipinski definition) is 9. The van der Waals surface area contributed by atoms with Crippen LogP contribution in [-0.2, 0) is 13.7 Å². The Morgan fingerprint density at radius 2 is 0.438 bits per heavy atom. The highest BCUT2D eigenvalue weighted by Gasteiger charge is 2.01. The lowest BCUT2D eigenvalue weighted by atomic mass is 15.8. The molecule has 0 spiro atoms. The summed E-state index contributed by atoms with van der Waals surface area (Å²) in [6, 6.07) is 0. The first kappa shape index (κ1) is 25.4. The second kappa shape index (κ2) is 9.56. The molecule has 16 heavy (non-hydrogen) atoms. The van der Waals surface area contributed by atoms with Gasteiger partial charge in [-0.15, -0.1) is 0 Å². The molecular formula is H13O12P3Si. The normalized spacial score (nSPS) is 11.1.